The van der Waals surface area contributed by atoms with Crippen LogP contribution in [0, 0.1) is 52.3 Å². The van der Waals surface area contributed by atoms with Crippen LogP contribution in [0.5, 0.6) is 0 Å². The summed E-state index contributed by atoms with van der Waals surface area (Å²) in [7, 11) is 0. The zero-order chi connectivity index (χ0) is 21.0. The smallest absolute Gasteiger partial charge is 0.303 e. The summed E-state index contributed by atoms with van der Waals surface area (Å²) in [5.41, 5.74) is 0.716. The summed E-state index contributed by atoms with van der Waals surface area (Å²) in [6, 6.07) is 0. The van der Waals surface area contributed by atoms with Gasteiger partial charge in [0.2, 0.25) is 0 Å². The predicted octanol–water partition coefficient (Wildman–Crippen LogP) is 6.14. The van der Waals surface area contributed by atoms with Crippen LogP contribution < -0.4 is 0 Å². The molecule has 4 rings (SSSR count). The molecule has 4 aliphatic rings. The molecular weight excluding hydrogens is 360 g/mol. The first-order valence-electron chi connectivity index (χ1n) is 12.6. The van der Waals surface area contributed by atoms with Gasteiger partial charge in [0, 0.05) is 6.42 Å². The van der Waals surface area contributed by atoms with Gasteiger partial charge in [-0.1, -0.05) is 47.0 Å². The second kappa shape index (κ2) is 7.84. The molecule has 8 unspecified atom stereocenters. The Morgan fingerprint density at radius 2 is 1.72 bits per heavy atom. The fourth-order valence-corrected chi connectivity index (χ4v) is 9.57. The minimum absolute atomic E-state index is 0.126. The highest BCUT2D eigenvalue weighted by Crippen LogP contribution is 2.69. The third-order valence-electron chi connectivity index (χ3n) is 10.9. The van der Waals surface area contributed by atoms with E-state index in [1.807, 2.05) is 0 Å². The Morgan fingerprint density at radius 3 is 2.41 bits per heavy atom. The van der Waals surface area contributed by atoms with Gasteiger partial charge in [-0.25, -0.2) is 0 Å². The van der Waals surface area contributed by atoms with Crippen molar-refractivity contribution in [1.29, 1.82) is 0 Å². The second-order valence-electron chi connectivity index (χ2n) is 11.8. The van der Waals surface area contributed by atoms with Gasteiger partial charge in [-0.15, -0.1) is 0 Å². The van der Waals surface area contributed by atoms with E-state index >= 15 is 0 Å². The van der Waals surface area contributed by atoms with E-state index in [0.29, 0.717) is 53.3 Å². The van der Waals surface area contributed by atoms with E-state index in [1.54, 1.807) is 0 Å². The molecule has 3 heteroatoms. The van der Waals surface area contributed by atoms with Crippen molar-refractivity contribution in [3.63, 3.8) is 0 Å². The molecule has 0 aromatic carbocycles. The molecular formula is C26H44O3. The molecule has 0 aliphatic heterocycles. The summed E-state index contributed by atoms with van der Waals surface area (Å²) in [5.74, 6) is 3.41. The molecule has 0 amide bonds. The zero-order valence-corrected chi connectivity index (χ0v) is 19.2. The van der Waals surface area contributed by atoms with Gasteiger partial charge >= 0.3 is 5.97 Å². The maximum Gasteiger partial charge on any atom is 0.303 e. The van der Waals surface area contributed by atoms with E-state index < -0.39 is 5.97 Å². The predicted molar refractivity (Wildman–Crippen MR) is 116 cm³/mol. The van der Waals surface area contributed by atoms with Gasteiger partial charge in [0.25, 0.3) is 0 Å². The van der Waals surface area contributed by atoms with Crippen LogP contribution in [0.4, 0.5) is 0 Å². The molecule has 4 saturated carbocycles. The first-order chi connectivity index (χ1) is 13.7. The molecule has 2 N–H and O–H groups in total. The minimum atomic E-state index is -0.662. The molecule has 3 nitrogen and oxygen atoms in total. The van der Waals surface area contributed by atoms with Crippen molar-refractivity contribution in [3.8, 4) is 0 Å². The van der Waals surface area contributed by atoms with E-state index in [-0.39, 0.29) is 11.5 Å². The Hall–Kier alpha value is -0.570. The number of rotatable bonds is 5. The first kappa shape index (κ1) is 21.7. The van der Waals surface area contributed by atoms with Gasteiger partial charge in [0.05, 0.1) is 6.10 Å². The highest BCUT2D eigenvalue weighted by atomic mass is 16.4. The highest BCUT2D eigenvalue weighted by molar-refractivity contribution is 5.66. The lowest BCUT2D eigenvalue weighted by molar-refractivity contribution is -0.194. The minimum Gasteiger partial charge on any atom is -0.481 e. The van der Waals surface area contributed by atoms with Crippen LogP contribution >= 0.6 is 0 Å². The molecule has 0 radical (unpaired) electrons. The van der Waals surface area contributed by atoms with Crippen molar-refractivity contribution in [2.45, 2.75) is 104 Å². The number of aliphatic hydroxyl groups is 1. The monoisotopic (exact) mass is 404 g/mol. The quantitative estimate of drug-likeness (QED) is 0.578. The number of hydrogen-bond acceptors (Lipinski definition) is 2. The maximum absolute atomic E-state index is 11.7. The van der Waals surface area contributed by atoms with Crippen LogP contribution in [0.1, 0.15) is 98.3 Å². The Balaban J connectivity index is 1.61. The Labute approximate surface area is 178 Å². The lowest BCUT2D eigenvalue weighted by Crippen LogP contribution is -2.61. The van der Waals surface area contributed by atoms with Crippen molar-refractivity contribution >= 4 is 5.97 Å². The third-order valence-corrected chi connectivity index (χ3v) is 10.9. The van der Waals surface area contributed by atoms with E-state index in [1.165, 1.54) is 51.4 Å². The molecule has 0 spiro atoms. The number of carboxylic acids is 1. The molecule has 4 aliphatic carbocycles. The van der Waals surface area contributed by atoms with Crippen molar-refractivity contribution in [1.82, 2.24) is 0 Å². The fraction of sp³-hybridized carbons (Fsp3) is 0.962. The van der Waals surface area contributed by atoms with Crippen LogP contribution in [-0.2, 0) is 4.79 Å². The zero-order valence-electron chi connectivity index (χ0n) is 19.2. The van der Waals surface area contributed by atoms with Crippen molar-refractivity contribution in [3.05, 3.63) is 0 Å². The number of carbonyl (C=O) groups is 1. The van der Waals surface area contributed by atoms with Crippen LogP contribution in [0.2, 0.25) is 0 Å². The Bertz CT molecular complexity index is 617. The Morgan fingerprint density at radius 1 is 1.00 bits per heavy atom. The van der Waals surface area contributed by atoms with Crippen LogP contribution in [-0.4, -0.2) is 22.3 Å². The summed E-state index contributed by atoms with van der Waals surface area (Å²) in [4.78, 5) is 11.1. The summed E-state index contributed by atoms with van der Waals surface area (Å²) in [6.45, 7) is 9.69. The topological polar surface area (TPSA) is 57.5 Å². The summed E-state index contributed by atoms with van der Waals surface area (Å²) in [5, 5.41) is 20.9. The van der Waals surface area contributed by atoms with E-state index in [0.717, 1.165) is 12.8 Å². The van der Waals surface area contributed by atoms with Crippen LogP contribution in [0.15, 0.2) is 0 Å². The van der Waals surface area contributed by atoms with E-state index in [2.05, 4.69) is 27.7 Å². The third kappa shape index (κ3) is 3.29. The van der Waals surface area contributed by atoms with E-state index in [4.69, 9.17) is 5.11 Å². The largest absolute Gasteiger partial charge is 0.481 e. The fourth-order valence-electron chi connectivity index (χ4n) is 9.57. The molecule has 10 atom stereocenters. The number of fused-ring (bicyclic) bond motifs is 5. The molecule has 29 heavy (non-hydrogen) atoms. The lowest BCUT2D eigenvalue weighted by atomic mass is 9.41. The van der Waals surface area contributed by atoms with Crippen LogP contribution in [0.3, 0.4) is 0 Å². The lowest BCUT2D eigenvalue weighted by Gasteiger charge is -2.64. The first-order valence-corrected chi connectivity index (χ1v) is 12.6. The Kier molecular flexibility index (Phi) is 5.86. The average Bonchev–Trinajstić information content (AvgIpc) is 3.04. The van der Waals surface area contributed by atoms with Gasteiger partial charge in [-0.3, -0.25) is 4.79 Å². The van der Waals surface area contributed by atoms with Crippen molar-refractivity contribution in [2.75, 3.05) is 0 Å². The second-order valence-corrected chi connectivity index (χ2v) is 11.8. The van der Waals surface area contributed by atoms with Gasteiger partial charge < -0.3 is 10.2 Å². The SMILES string of the molecule is CC[C@H]1C(O)C2C(CCC3(C)C2CCC3[C@H](C)CCC(=O)O)C2(C)CCCCC12. The molecule has 4 fully saturated rings. The molecule has 0 heterocycles. The van der Waals surface area contributed by atoms with Crippen molar-refractivity contribution in [2.24, 2.45) is 52.3 Å². The molecule has 0 saturated heterocycles. The molecule has 0 aromatic rings. The highest BCUT2D eigenvalue weighted by Gasteiger charge is 2.64. The normalized spacial score (nSPS) is 50.3. The number of aliphatic hydroxyl groups excluding tert-OH is 1. The maximum atomic E-state index is 11.7. The van der Waals surface area contributed by atoms with Gasteiger partial charge in [-0.2, -0.15) is 0 Å². The van der Waals surface area contributed by atoms with Crippen molar-refractivity contribution < 1.29 is 15.0 Å². The number of hydrogen-bond donors (Lipinski definition) is 2. The number of aliphatic carboxylic acids is 1. The van der Waals surface area contributed by atoms with Gasteiger partial charge in [0.1, 0.15) is 0 Å². The average molecular weight is 405 g/mol. The summed E-state index contributed by atoms with van der Waals surface area (Å²) < 4.78 is 0. The standard InChI is InChI=1S/C26H44O3/c1-5-17-19-8-6-7-14-25(19,3)21-13-15-26(4)18(16(2)9-12-22(27)28)10-11-20(26)23(21)24(17)29/h16-21,23-24,29H,5-15H2,1-4H3,(H,27,28)/t16-,17-,18?,19?,20?,21?,23?,24?,25?,26?/m1/s1. The summed E-state index contributed by atoms with van der Waals surface area (Å²) >= 11 is 0. The van der Waals surface area contributed by atoms with Gasteiger partial charge in [0.15, 0.2) is 0 Å². The van der Waals surface area contributed by atoms with Crippen LogP contribution in [0.25, 0.3) is 0 Å². The molecule has 0 bridgehead atoms. The van der Waals surface area contributed by atoms with E-state index in [9.17, 15) is 9.90 Å². The number of carboxylic acid groups (broad SMARTS) is 1. The van der Waals surface area contributed by atoms with Gasteiger partial charge in [-0.05, 0) is 97.2 Å². The summed E-state index contributed by atoms with van der Waals surface area (Å²) in [6.07, 6.45) is 12.5. The molecule has 166 valence electrons. The molecule has 0 aromatic heterocycles.